The minimum absolute atomic E-state index is 0.0303. The van der Waals surface area contributed by atoms with Gasteiger partial charge in [-0.25, -0.2) is 4.39 Å². The van der Waals surface area contributed by atoms with E-state index in [1.54, 1.807) is 19.1 Å². The maximum Gasteiger partial charge on any atom is 0.234 e. The molecule has 5 nitrogen and oxygen atoms in total. The molecule has 32 heavy (non-hydrogen) atoms. The number of halogens is 3. The highest BCUT2D eigenvalue weighted by atomic mass is 79.9. The van der Waals surface area contributed by atoms with Gasteiger partial charge in [-0.1, -0.05) is 45.7 Å². The highest BCUT2D eigenvalue weighted by Gasteiger charge is 2.30. The van der Waals surface area contributed by atoms with Gasteiger partial charge >= 0.3 is 0 Å². The molecule has 0 unspecified atom stereocenters. The van der Waals surface area contributed by atoms with Crippen LogP contribution in [0.4, 0.5) is 4.39 Å². The van der Waals surface area contributed by atoms with Gasteiger partial charge in [-0.2, -0.15) is 0 Å². The second-order valence-electron chi connectivity index (χ2n) is 8.15. The number of nitrogens with one attached hydrogen (secondary N) is 1. The van der Waals surface area contributed by atoms with Crippen LogP contribution < -0.4 is 5.32 Å². The van der Waals surface area contributed by atoms with E-state index in [1.807, 2.05) is 24.4 Å². The number of ketones is 1. The third-order valence-corrected chi connectivity index (χ3v) is 6.55. The lowest BCUT2D eigenvalue weighted by atomic mass is 10.1. The van der Waals surface area contributed by atoms with Crippen molar-refractivity contribution in [3.63, 3.8) is 0 Å². The zero-order chi connectivity index (χ0) is 22.8. The molecule has 0 radical (unpaired) electrons. The quantitative estimate of drug-likeness (QED) is 0.396. The Labute approximate surface area is 199 Å². The molecule has 8 heteroatoms. The SMILES string of the molecule is CC(=O)c1cn(CCN(CC(=O)NCc2cccc(Cl)c2F)C2CC2)c2cc(Br)ccc12. The Hall–Kier alpha value is -2.22. The fourth-order valence-electron chi connectivity index (χ4n) is 3.92. The van der Waals surface area contributed by atoms with Crippen LogP contribution in [0.25, 0.3) is 10.9 Å². The standard InChI is InChI=1S/C24H24BrClFN3O2/c1-15(31)20-13-30(22-11-17(25)5-8-19(20)22)10-9-29(18-6-7-18)14-23(32)28-12-16-3-2-4-21(26)24(16)27/h2-5,8,11,13,18H,6-7,9-10,12,14H2,1H3,(H,28,32). The molecule has 1 aliphatic carbocycles. The second-order valence-corrected chi connectivity index (χ2v) is 9.47. The van der Waals surface area contributed by atoms with Crippen molar-refractivity contribution in [2.24, 2.45) is 0 Å². The van der Waals surface area contributed by atoms with E-state index < -0.39 is 5.82 Å². The van der Waals surface area contributed by atoms with E-state index in [0.29, 0.717) is 30.3 Å². The minimum atomic E-state index is -0.500. The lowest BCUT2D eigenvalue weighted by molar-refractivity contribution is -0.122. The van der Waals surface area contributed by atoms with Gasteiger partial charge in [0.05, 0.1) is 11.6 Å². The number of nitrogens with zero attached hydrogens (tertiary/aromatic N) is 2. The molecule has 1 amide bonds. The summed E-state index contributed by atoms with van der Waals surface area (Å²) in [5.41, 5.74) is 2.05. The van der Waals surface area contributed by atoms with E-state index in [9.17, 15) is 14.0 Å². The smallest absolute Gasteiger partial charge is 0.234 e. The largest absolute Gasteiger partial charge is 0.351 e. The van der Waals surface area contributed by atoms with Gasteiger partial charge in [0.1, 0.15) is 5.82 Å². The van der Waals surface area contributed by atoms with Crippen LogP contribution in [0.3, 0.4) is 0 Å². The number of carbonyl (C=O) groups is 2. The number of Topliss-reactive ketones (excluding diaryl/α,β-unsaturated/α-hetero) is 1. The molecule has 1 aromatic heterocycles. The third-order valence-electron chi connectivity index (χ3n) is 5.77. The van der Waals surface area contributed by atoms with Crippen LogP contribution in [0.1, 0.15) is 35.7 Å². The Morgan fingerprint density at radius 2 is 2.06 bits per heavy atom. The van der Waals surface area contributed by atoms with Gasteiger partial charge in [-0.05, 0) is 38.0 Å². The van der Waals surface area contributed by atoms with Crippen molar-refractivity contribution in [2.75, 3.05) is 13.1 Å². The van der Waals surface area contributed by atoms with Crippen molar-refractivity contribution in [2.45, 2.75) is 38.9 Å². The first-order valence-corrected chi connectivity index (χ1v) is 11.7. The maximum absolute atomic E-state index is 14.1. The molecule has 0 spiro atoms. The predicted octanol–water partition coefficient (Wildman–Crippen LogP) is 5.18. The van der Waals surface area contributed by atoms with Crippen LogP contribution in [-0.4, -0.2) is 40.3 Å². The van der Waals surface area contributed by atoms with Crippen molar-refractivity contribution in [3.05, 3.63) is 69.0 Å². The molecule has 0 aliphatic heterocycles. The fourth-order valence-corrected chi connectivity index (χ4v) is 4.46. The number of amides is 1. The molecule has 1 heterocycles. The third kappa shape index (κ3) is 5.22. The monoisotopic (exact) mass is 519 g/mol. The number of benzene rings is 2. The van der Waals surface area contributed by atoms with Gasteiger partial charge in [0.15, 0.2) is 5.78 Å². The van der Waals surface area contributed by atoms with Crippen LogP contribution >= 0.6 is 27.5 Å². The van der Waals surface area contributed by atoms with Crippen LogP contribution in [0.15, 0.2) is 47.1 Å². The molecule has 3 aromatic rings. The summed E-state index contributed by atoms with van der Waals surface area (Å²) in [4.78, 5) is 26.8. The van der Waals surface area contributed by atoms with Crippen LogP contribution in [0.2, 0.25) is 5.02 Å². The topological polar surface area (TPSA) is 54.3 Å². The van der Waals surface area contributed by atoms with Gasteiger partial charge in [0.2, 0.25) is 5.91 Å². The summed E-state index contributed by atoms with van der Waals surface area (Å²) >= 11 is 9.32. The number of carbonyl (C=O) groups excluding carboxylic acids is 2. The van der Waals surface area contributed by atoms with Gasteiger partial charge < -0.3 is 9.88 Å². The van der Waals surface area contributed by atoms with E-state index in [-0.39, 0.29) is 29.8 Å². The Morgan fingerprint density at radius 3 is 2.78 bits per heavy atom. The van der Waals surface area contributed by atoms with Crippen LogP contribution in [-0.2, 0) is 17.9 Å². The maximum atomic E-state index is 14.1. The molecule has 2 aromatic carbocycles. The minimum Gasteiger partial charge on any atom is -0.351 e. The van der Waals surface area contributed by atoms with Crippen molar-refractivity contribution < 1.29 is 14.0 Å². The van der Waals surface area contributed by atoms with Crippen molar-refractivity contribution in [1.82, 2.24) is 14.8 Å². The highest BCUT2D eigenvalue weighted by molar-refractivity contribution is 9.10. The number of hydrogen-bond acceptors (Lipinski definition) is 3. The summed E-state index contributed by atoms with van der Waals surface area (Å²) in [6, 6.07) is 11.0. The molecule has 1 saturated carbocycles. The lowest BCUT2D eigenvalue weighted by Crippen LogP contribution is -2.39. The predicted molar refractivity (Wildman–Crippen MR) is 127 cm³/mol. The number of aromatic nitrogens is 1. The van der Waals surface area contributed by atoms with E-state index in [1.165, 1.54) is 6.07 Å². The molecule has 0 bridgehead atoms. The van der Waals surface area contributed by atoms with Crippen LogP contribution in [0, 0.1) is 5.82 Å². The molecule has 0 saturated heterocycles. The molecule has 0 atom stereocenters. The summed E-state index contributed by atoms with van der Waals surface area (Å²) in [6.45, 7) is 3.26. The van der Waals surface area contributed by atoms with Gasteiger partial charge in [-0.3, -0.25) is 14.5 Å². The second kappa shape index (κ2) is 9.73. The molecule has 4 rings (SSSR count). The first-order valence-electron chi connectivity index (χ1n) is 10.6. The van der Waals surface area contributed by atoms with Crippen molar-refractivity contribution in [3.8, 4) is 0 Å². The Kier molecular flexibility index (Phi) is 6.98. The summed E-state index contributed by atoms with van der Waals surface area (Å²) in [5, 5.41) is 3.78. The first kappa shape index (κ1) is 23.0. The zero-order valence-electron chi connectivity index (χ0n) is 17.7. The molecule has 1 fully saturated rings. The Balaban J connectivity index is 1.41. The lowest BCUT2D eigenvalue weighted by Gasteiger charge is -2.22. The van der Waals surface area contributed by atoms with E-state index in [2.05, 4.69) is 30.7 Å². The van der Waals surface area contributed by atoms with E-state index in [0.717, 1.165) is 28.2 Å². The average Bonchev–Trinajstić information content (AvgIpc) is 3.54. The Morgan fingerprint density at radius 1 is 1.28 bits per heavy atom. The molecular formula is C24H24BrClFN3O2. The summed E-state index contributed by atoms with van der Waals surface area (Å²) in [6.07, 6.45) is 4.02. The highest BCUT2D eigenvalue weighted by Crippen LogP contribution is 2.28. The van der Waals surface area contributed by atoms with Crippen LogP contribution in [0.5, 0.6) is 0 Å². The average molecular weight is 521 g/mol. The fraction of sp³-hybridized carbons (Fsp3) is 0.333. The zero-order valence-corrected chi connectivity index (χ0v) is 20.0. The summed E-state index contributed by atoms with van der Waals surface area (Å²) in [7, 11) is 0. The van der Waals surface area contributed by atoms with Crippen molar-refractivity contribution in [1.29, 1.82) is 0 Å². The normalized spacial score (nSPS) is 13.7. The van der Waals surface area contributed by atoms with Gasteiger partial charge in [0.25, 0.3) is 0 Å². The number of hydrogen-bond donors (Lipinski definition) is 1. The van der Waals surface area contributed by atoms with Gasteiger partial charge in [0, 0.05) is 58.4 Å². The first-order chi connectivity index (χ1) is 15.3. The summed E-state index contributed by atoms with van der Waals surface area (Å²) in [5.74, 6) is -0.621. The van der Waals surface area contributed by atoms with E-state index in [4.69, 9.17) is 11.6 Å². The van der Waals surface area contributed by atoms with E-state index >= 15 is 0 Å². The molecular weight excluding hydrogens is 497 g/mol. The Bertz CT molecular complexity index is 1180. The number of fused-ring (bicyclic) bond motifs is 1. The van der Waals surface area contributed by atoms with Gasteiger partial charge in [-0.15, -0.1) is 0 Å². The number of rotatable bonds is 9. The summed E-state index contributed by atoms with van der Waals surface area (Å²) < 4.78 is 17.1. The molecule has 168 valence electrons. The molecule has 1 aliphatic rings. The molecule has 1 N–H and O–H groups in total. The van der Waals surface area contributed by atoms with Crippen molar-refractivity contribution >= 4 is 50.1 Å².